The molecule has 0 bridgehead atoms. The number of benzene rings is 2. The van der Waals surface area contributed by atoms with Gasteiger partial charge in [-0.2, -0.15) is 0 Å². The van der Waals surface area contributed by atoms with Crippen molar-refractivity contribution in [3.05, 3.63) is 54.1 Å². The largest absolute Gasteiger partial charge is 0.497 e. The zero-order valence-electron chi connectivity index (χ0n) is 18.7. The van der Waals surface area contributed by atoms with E-state index < -0.39 is 0 Å². The SMILES string of the molecule is COc1ccc(OCCN2CCN(C(=O)c3ccccc3OCC3CCCO3)CC2)cc1. The minimum Gasteiger partial charge on any atom is -0.497 e. The van der Waals surface area contributed by atoms with Gasteiger partial charge in [0.1, 0.15) is 30.5 Å². The van der Waals surface area contributed by atoms with Crippen LogP contribution < -0.4 is 14.2 Å². The van der Waals surface area contributed by atoms with Crippen molar-refractivity contribution in [3.8, 4) is 17.2 Å². The van der Waals surface area contributed by atoms with Gasteiger partial charge in [-0.1, -0.05) is 12.1 Å². The Balaban J connectivity index is 1.22. The van der Waals surface area contributed by atoms with Crippen molar-refractivity contribution < 1.29 is 23.7 Å². The molecule has 2 fully saturated rings. The van der Waals surface area contributed by atoms with Gasteiger partial charge in [-0.05, 0) is 49.2 Å². The molecule has 2 aliphatic heterocycles. The third kappa shape index (κ3) is 5.93. The van der Waals surface area contributed by atoms with E-state index in [1.54, 1.807) is 7.11 Å². The summed E-state index contributed by atoms with van der Waals surface area (Å²) in [5, 5.41) is 0. The Bertz CT molecular complexity index is 859. The second-order valence-electron chi connectivity index (χ2n) is 8.10. The fraction of sp³-hybridized carbons (Fsp3) is 0.480. The summed E-state index contributed by atoms with van der Waals surface area (Å²) in [6.45, 7) is 5.78. The van der Waals surface area contributed by atoms with Crippen LogP contribution in [0.1, 0.15) is 23.2 Å². The summed E-state index contributed by atoms with van der Waals surface area (Å²) < 4.78 is 22.6. The van der Waals surface area contributed by atoms with Crippen LogP contribution >= 0.6 is 0 Å². The molecular formula is C25H32N2O5. The maximum Gasteiger partial charge on any atom is 0.257 e. The van der Waals surface area contributed by atoms with Gasteiger partial charge in [-0.3, -0.25) is 9.69 Å². The highest BCUT2D eigenvalue weighted by atomic mass is 16.5. The van der Waals surface area contributed by atoms with Crippen LogP contribution in [0, 0.1) is 0 Å². The van der Waals surface area contributed by atoms with Crippen molar-refractivity contribution >= 4 is 5.91 Å². The van der Waals surface area contributed by atoms with E-state index in [4.69, 9.17) is 18.9 Å². The van der Waals surface area contributed by atoms with Crippen molar-refractivity contribution in [1.29, 1.82) is 0 Å². The lowest BCUT2D eigenvalue weighted by Gasteiger charge is -2.34. The highest BCUT2D eigenvalue weighted by molar-refractivity contribution is 5.97. The van der Waals surface area contributed by atoms with Gasteiger partial charge < -0.3 is 23.8 Å². The normalized spacial score (nSPS) is 19.0. The van der Waals surface area contributed by atoms with E-state index in [1.807, 2.05) is 53.4 Å². The second-order valence-corrected chi connectivity index (χ2v) is 8.10. The molecule has 0 saturated carbocycles. The van der Waals surface area contributed by atoms with E-state index in [0.717, 1.165) is 50.6 Å². The number of amides is 1. The highest BCUT2D eigenvalue weighted by Gasteiger charge is 2.25. The van der Waals surface area contributed by atoms with Crippen molar-refractivity contribution in [3.63, 3.8) is 0 Å². The molecule has 7 heteroatoms. The Hall–Kier alpha value is -2.77. The van der Waals surface area contributed by atoms with Crippen LogP contribution in [-0.4, -0.2) is 81.5 Å². The van der Waals surface area contributed by atoms with Crippen LogP contribution in [-0.2, 0) is 4.74 Å². The van der Waals surface area contributed by atoms with Crippen LogP contribution in [0.4, 0.5) is 0 Å². The first-order chi connectivity index (χ1) is 15.7. The lowest BCUT2D eigenvalue weighted by atomic mass is 10.1. The van der Waals surface area contributed by atoms with Gasteiger partial charge in [-0.25, -0.2) is 0 Å². The van der Waals surface area contributed by atoms with Gasteiger partial charge in [0.25, 0.3) is 5.91 Å². The first-order valence-electron chi connectivity index (χ1n) is 11.3. The molecule has 0 radical (unpaired) electrons. The van der Waals surface area contributed by atoms with E-state index in [9.17, 15) is 4.79 Å². The van der Waals surface area contributed by atoms with E-state index in [-0.39, 0.29) is 12.0 Å². The van der Waals surface area contributed by atoms with Gasteiger partial charge in [0.05, 0.1) is 18.8 Å². The smallest absolute Gasteiger partial charge is 0.257 e. The Morgan fingerprint density at radius 3 is 2.47 bits per heavy atom. The van der Waals surface area contributed by atoms with Gasteiger partial charge >= 0.3 is 0 Å². The highest BCUT2D eigenvalue weighted by Crippen LogP contribution is 2.23. The molecule has 2 saturated heterocycles. The van der Waals surface area contributed by atoms with E-state index in [2.05, 4.69) is 4.90 Å². The van der Waals surface area contributed by atoms with Crippen molar-refractivity contribution in [1.82, 2.24) is 9.80 Å². The summed E-state index contributed by atoms with van der Waals surface area (Å²) in [6, 6.07) is 15.1. The van der Waals surface area contributed by atoms with Gasteiger partial charge in [0.2, 0.25) is 0 Å². The van der Waals surface area contributed by atoms with Crippen LogP contribution in [0.25, 0.3) is 0 Å². The Morgan fingerprint density at radius 2 is 1.75 bits per heavy atom. The first kappa shape index (κ1) is 22.4. The fourth-order valence-electron chi connectivity index (χ4n) is 4.04. The number of hydrogen-bond acceptors (Lipinski definition) is 6. The molecule has 2 aliphatic rings. The van der Waals surface area contributed by atoms with Crippen LogP contribution in [0.15, 0.2) is 48.5 Å². The average molecular weight is 441 g/mol. The van der Waals surface area contributed by atoms with Gasteiger partial charge in [0, 0.05) is 39.3 Å². The van der Waals surface area contributed by atoms with E-state index in [1.165, 1.54) is 0 Å². The Morgan fingerprint density at radius 1 is 1.00 bits per heavy atom. The zero-order chi connectivity index (χ0) is 22.2. The number of ether oxygens (including phenoxy) is 4. The van der Waals surface area contributed by atoms with Crippen LogP contribution in [0.2, 0.25) is 0 Å². The zero-order valence-corrected chi connectivity index (χ0v) is 18.7. The number of hydrogen-bond donors (Lipinski definition) is 0. The first-order valence-corrected chi connectivity index (χ1v) is 11.3. The molecule has 172 valence electrons. The second kappa shape index (κ2) is 11.2. The van der Waals surface area contributed by atoms with E-state index in [0.29, 0.717) is 37.6 Å². The molecule has 32 heavy (non-hydrogen) atoms. The summed E-state index contributed by atoms with van der Waals surface area (Å²) in [6.07, 6.45) is 2.21. The number of piperazine rings is 1. The molecule has 0 aliphatic carbocycles. The molecule has 1 atom stereocenters. The molecular weight excluding hydrogens is 408 g/mol. The van der Waals surface area contributed by atoms with Gasteiger partial charge in [-0.15, -0.1) is 0 Å². The third-order valence-electron chi connectivity index (χ3n) is 5.96. The summed E-state index contributed by atoms with van der Waals surface area (Å²) >= 11 is 0. The number of methoxy groups -OCH3 is 1. The third-order valence-corrected chi connectivity index (χ3v) is 5.96. The Labute approximate surface area is 189 Å². The minimum absolute atomic E-state index is 0.0297. The maximum absolute atomic E-state index is 13.1. The predicted octanol–water partition coefficient (Wildman–Crippen LogP) is 3.09. The standard InChI is InChI=1S/C25H32N2O5/c1-29-20-8-10-21(11-9-20)31-18-16-26-12-14-27(15-13-26)25(28)23-6-2-3-7-24(23)32-19-22-5-4-17-30-22/h2-3,6-11,22H,4-5,12-19H2,1H3. The molecule has 4 rings (SSSR count). The number of para-hydroxylation sites is 1. The number of nitrogens with zero attached hydrogens (tertiary/aromatic N) is 2. The lowest BCUT2D eigenvalue weighted by molar-refractivity contribution is 0.0587. The van der Waals surface area contributed by atoms with Crippen molar-refractivity contribution in [2.45, 2.75) is 18.9 Å². The summed E-state index contributed by atoms with van der Waals surface area (Å²) in [4.78, 5) is 17.4. The minimum atomic E-state index is 0.0297. The quantitative estimate of drug-likeness (QED) is 0.597. The molecule has 2 aromatic carbocycles. The van der Waals surface area contributed by atoms with Gasteiger partial charge in [0.15, 0.2) is 0 Å². The molecule has 1 amide bonds. The van der Waals surface area contributed by atoms with Crippen molar-refractivity contribution in [2.75, 3.05) is 59.7 Å². The van der Waals surface area contributed by atoms with E-state index >= 15 is 0 Å². The van der Waals surface area contributed by atoms with Crippen molar-refractivity contribution in [2.24, 2.45) is 0 Å². The molecule has 0 aromatic heterocycles. The topological polar surface area (TPSA) is 60.5 Å². The summed E-state index contributed by atoms with van der Waals surface area (Å²) in [7, 11) is 1.65. The predicted molar refractivity (Wildman–Crippen MR) is 122 cm³/mol. The summed E-state index contributed by atoms with van der Waals surface area (Å²) in [5.74, 6) is 2.32. The molecule has 0 N–H and O–H groups in total. The average Bonchev–Trinajstić information content (AvgIpc) is 3.37. The van der Waals surface area contributed by atoms with Crippen LogP contribution in [0.5, 0.6) is 17.2 Å². The molecule has 0 spiro atoms. The molecule has 7 nitrogen and oxygen atoms in total. The molecule has 2 aromatic rings. The van der Waals surface area contributed by atoms with Crippen LogP contribution in [0.3, 0.4) is 0 Å². The monoisotopic (exact) mass is 440 g/mol. The fourth-order valence-corrected chi connectivity index (χ4v) is 4.04. The lowest BCUT2D eigenvalue weighted by Crippen LogP contribution is -2.49. The Kier molecular flexibility index (Phi) is 7.85. The molecule has 1 unspecified atom stereocenters. The molecule has 2 heterocycles. The summed E-state index contributed by atoms with van der Waals surface area (Å²) in [5.41, 5.74) is 0.627. The number of carbonyl (C=O) groups is 1. The number of carbonyl (C=O) groups excluding carboxylic acids is 1. The maximum atomic E-state index is 13.1. The number of rotatable bonds is 9.